The van der Waals surface area contributed by atoms with Gasteiger partial charge in [0.1, 0.15) is 11.6 Å². The number of aromatic nitrogens is 2. The maximum atomic E-state index is 12.2. The zero-order chi connectivity index (χ0) is 16.9. The van der Waals surface area contributed by atoms with Gasteiger partial charge in [0, 0.05) is 34.9 Å². The Hall–Kier alpha value is -1.99. The molecule has 1 N–H and O–H groups in total. The first kappa shape index (κ1) is 16.9. The standard InChI is InChI=1S/C17H19BrN4O2/c1-12-9-16(22-5-7-24-8-6-22)21-15(20-12)11-19-17(23)13-3-2-4-14(18)10-13/h2-4,9-10H,5-8,11H2,1H3,(H,19,23). The molecule has 1 saturated heterocycles. The summed E-state index contributed by atoms with van der Waals surface area (Å²) in [5, 5.41) is 2.87. The number of hydrogen-bond donors (Lipinski definition) is 1. The molecule has 0 unspecified atom stereocenters. The number of morpholine rings is 1. The molecule has 126 valence electrons. The first-order valence-corrected chi connectivity index (χ1v) is 8.62. The van der Waals surface area contributed by atoms with E-state index in [0.717, 1.165) is 29.1 Å². The van der Waals surface area contributed by atoms with Gasteiger partial charge < -0.3 is 15.0 Å². The molecular formula is C17H19BrN4O2. The van der Waals surface area contributed by atoms with Crippen LogP contribution in [0.2, 0.25) is 0 Å². The SMILES string of the molecule is Cc1cc(N2CCOCC2)nc(CNC(=O)c2cccc(Br)c2)n1. The van der Waals surface area contributed by atoms with Gasteiger partial charge in [-0.15, -0.1) is 0 Å². The van der Waals surface area contributed by atoms with Crippen molar-refractivity contribution < 1.29 is 9.53 Å². The van der Waals surface area contributed by atoms with Crippen molar-refractivity contribution in [3.05, 3.63) is 51.9 Å². The van der Waals surface area contributed by atoms with E-state index in [1.54, 1.807) is 12.1 Å². The van der Waals surface area contributed by atoms with Crippen LogP contribution in [0.3, 0.4) is 0 Å². The third-order valence-electron chi connectivity index (χ3n) is 3.72. The Kier molecular flexibility index (Phi) is 5.42. The van der Waals surface area contributed by atoms with E-state index >= 15 is 0 Å². The van der Waals surface area contributed by atoms with E-state index in [-0.39, 0.29) is 5.91 Å². The van der Waals surface area contributed by atoms with Gasteiger partial charge in [0.15, 0.2) is 0 Å². The zero-order valence-electron chi connectivity index (χ0n) is 13.5. The normalized spacial score (nSPS) is 14.5. The largest absolute Gasteiger partial charge is 0.378 e. The fourth-order valence-corrected chi connectivity index (χ4v) is 2.94. The average molecular weight is 391 g/mol. The van der Waals surface area contributed by atoms with E-state index < -0.39 is 0 Å². The summed E-state index contributed by atoms with van der Waals surface area (Å²) in [6, 6.07) is 9.24. The Bertz CT molecular complexity index is 732. The highest BCUT2D eigenvalue weighted by Gasteiger charge is 2.14. The summed E-state index contributed by atoms with van der Waals surface area (Å²) in [7, 11) is 0. The molecular weight excluding hydrogens is 372 g/mol. The van der Waals surface area contributed by atoms with Crippen molar-refractivity contribution in [3.63, 3.8) is 0 Å². The third kappa shape index (κ3) is 4.30. The number of benzene rings is 1. The molecule has 1 fully saturated rings. The van der Waals surface area contributed by atoms with Gasteiger partial charge in [0.05, 0.1) is 19.8 Å². The Morgan fingerprint density at radius 2 is 2.08 bits per heavy atom. The minimum Gasteiger partial charge on any atom is -0.378 e. The number of halogens is 1. The Morgan fingerprint density at radius 1 is 1.29 bits per heavy atom. The molecule has 0 spiro atoms. The highest BCUT2D eigenvalue weighted by atomic mass is 79.9. The van der Waals surface area contributed by atoms with E-state index in [4.69, 9.17) is 4.74 Å². The second-order valence-electron chi connectivity index (χ2n) is 5.58. The third-order valence-corrected chi connectivity index (χ3v) is 4.21. The molecule has 1 aromatic carbocycles. The summed E-state index contributed by atoms with van der Waals surface area (Å²) >= 11 is 3.37. The van der Waals surface area contributed by atoms with Crippen LogP contribution in [-0.2, 0) is 11.3 Å². The minimum absolute atomic E-state index is 0.144. The fourth-order valence-electron chi connectivity index (χ4n) is 2.54. The smallest absolute Gasteiger partial charge is 0.251 e. The lowest BCUT2D eigenvalue weighted by Gasteiger charge is -2.28. The molecule has 0 atom stereocenters. The van der Waals surface area contributed by atoms with Crippen LogP contribution in [0, 0.1) is 6.92 Å². The average Bonchev–Trinajstić information content (AvgIpc) is 2.60. The van der Waals surface area contributed by atoms with E-state index in [1.165, 1.54) is 0 Å². The molecule has 24 heavy (non-hydrogen) atoms. The van der Waals surface area contributed by atoms with Crippen molar-refractivity contribution in [2.75, 3.05) is 31.2 Å². The number of carbonyl (C=O) groups excluding carboxylic acids is 1. The van der Waals surface area contributed by atoms with E-state index in [9.17, 15) is 4.79 Å². The van der Waals surface area contributed by atoms with E-state index in [2.05, 4.69) is 36.1 Å². The van der Waals surface area contributed by atoms with Crippen molar-refractivity contribution in [2.45, 2.75) is 13.5 Å². The maximum Gasteiger partial charge on any atom is 0.251 e. The Morgan fingerprint density at radius 3 is 2.83 bits per heavy atom. The number of aryl methyl sites for hydroxylation is 1. The number of ether oxygens (including phenoxy) is 1. The Balaban J connectivity index is 1.68. The van der Waals surface area contributed by atoms with Crippen LogP contribution in [0.5, 0.6) is 0 Å². The van der Waals surface area contributed by atoms with Crippen LogP contribution in [0.1, 0.15) is 21.9 Å². The molecule has 1 aliphatic rings. The number of carbonyl (C=O) groups is 1. The first-order valence-electron chi connectivity index (χ1n) is 7.83. The van der Waals surface area contributed by atoms with Gasteiger partial charge in [-0.2, -0.15) is 0 Å². The second kappa shape index (κ2) is 7.72. The highest BCUT2D eigenvalue weighted by molar-refractivity contribution is 9.10. The molecule has 0 radical (unpaired) electrons. The number of nitrogens with zero attached hydrogens (tertiary/aromatic N) is 3. The van der Waals surface area contributed by atoms with Gasteiger partial charge >= 0.3 is 0 Å². The van der Waals surface area contributed by atoms with Crippen LogP contribution in [-0.4, -0.2) is 42.2 Å². The summed E-state index contributed by atoms with van der Waals surface area (Å²) in [5.74, 6) is 1.35. The fraction of sp³-hybridized carbons (Fsp3) is 0.353. The molecule has 1 amide bonds. The van der Waals surface area contributed by atoms with Crippen molar-refractivity contribution in [3.8, 4) is 0 Å². The molecule has 6 nitrogen and oxygen atoms in total. The lowest BCUT2D eigenvalue weighted by molar-refractivity contribution is 0.0949. The van der Waals surface area contributed by atoms with Gasteiger partial charge in [-0.05, 0) is 25.1 Å². The van der Waals surface area contributed by atoms with Crippen LogP contribution >= 0.6 is 15.9 Å². The zero-order valence-corrected chi connectivity index (χ0v) is 15.0. The molecule has 1 aliphatic heterocycles. The molecule has 0 bridgehead atoms. The van der Waals surface area contributed by atoms with Crippen LogP contribution < -0.4 is 10.2 Å². The molecule has 2 heterocycles. The van der Waals surface area contributed by atoms with E-state index in [0.29, 0.717) is 31.1 Å². The molecule has 3 rings (SSSR count). The van der Waals surface area contributed by atoms with E-state index in [1.807, 2.05) is 25.1 Å². The van der Waals surface area contributed by atoms with Gasteiger partial charge in [-0.3, -0.25) is 4.79 Å². The molecule has 7 heteroatoms. The van der Waals surface area contributed by atoms with Crippen molar-refractivity contribution in [1.82, 2.24) is 15.3 Å². The lowest BCUT2D eigenvalue weighted by Crippen LogP contribution is -2.37. The van der Waals surface area contributed by atoms with Crippen molar-refractivity contribution in [1.29, 1.82) is 0 Å². The molecule has 0 aliphatic carbocycles. The Labute approximate surface area is 149 Å². The minimum atomic E-state index is -0.144. The number of nitrogens with one attached hydrogen (secondary N) is 1. The lowest BCUT2D eigenvalue weighted by atomic mass is 10.2. The summed E-state index contributed by atoms with van der Waals surface area (Å²) in [6.45, 7) is 5.28. The van der Waals surface area contributed by atoms with Crippen LogP contribution in [0.25, 0.3) is 0 Å². The molecule has 0 saturated carbocycles. The number of amides is 1. The first-order chi connectivity index (χ1) is 11.6. The predicted molar refractivity (Wildman–Crippen MR) is 95.1 cm³/mol. The monoisotopic (exact) mass is 390 g/mol. The summed E-state index contributed by atoms with van der Waals surface area (Å²) in [5.41, 5.74) is 1.49. The van der Waals surface area contributed by atoms with Crippen LogP contribution in [0.15, 0.2) is 34.8 Å². The highest BCUT2D eigenvalue weighted by Crippen LogP contribution is 2.15. The number of hydrogen-bond acceptors (Lipinski definition) is 5. The summed E-state index contributed by atoms with van der Waals surface area (Å²) in [6.07, 6.45) is 0. The quantitative estimate of drug-likeness (QED) is 0.867. The number of rotatable bonds is 4. The topological polar surface area (TPSA) is 67.3 Å². The van der Waals surface area contributed by atoms with Gasteiger partial charge in [-0.1, -0.05) is 22.0 Å². The molecule has 2 aromatic rings. The molecule has 1 aromatic heterocycles. The van der Waals surface area contributed by atoms with Crippen molar-refractivity contribution >= 4 is 27.7 Å². The summed E-state index contributed by atoms with van der Waals surface area (Å²) in [4.78, 5) is 23.4. The second-order valence-corrected chi connectivity index (χ2v) is 6.49. The predicted octanol–water partition coefficient (Wildman–Crippen LogP) is 2.31. The van der Waals surface area contributed by atoms with Crippen LogP contribution in [0.4, 0.5) is 5.82 Å². The maximum absolute atomic E-state index is 12.2. The number of anilines is 1. The summed E-state index contributed by atoms with van der Waals surface area (Å²) < 4.78 is 6.25. The van der Waals surface area contributed by atoms with Gasteiger partial charge in [0.2, 0.25) is 0 Å². The van der Waals surface area contributed by atoms with Crippen molar-refractivity contribution in [2.24, 2.45) is 0 Å². The van der Waals surface area contributed by atoms with Gasteiger partial charge in [-0.25, -0.2) is 9.97 Å². The van der Waals surface area contributed by atoms with Gasteiger partial charge in [0.25, 0.3) is 5.91 Å².